The number of rotatable bonds is 9. The summed E-state index contributed by atoms with van der Waals surface area (Å²) in [7, 11) is 1.35. The highest BCUT2D eigenvalue weighted by atomic mass is 16.5. The summed E-state index contributed by atoms with van der Waals surface area (Å²) in [6, 6.07) is 10.9. The molecule has 0 aliphatic rings. The summed E-state index contributed by atoms with van der Waals surface area (Å²) >= 11 is 0. The van der Waals surface area contributed by atoms with E-state index in [2.05, 4.69) is 29.1 Å². The Balaban J connectivity index is 0.00000204. The number of ether oxygens (including phenoxy) is 2. The van der Waals surface area contributed by atoms with Gasteiger partial charge in [-0.1, -0.05) is 63.2 Å². The van der Waals surface area contributed by atoms with Crippen molar-refractivity contribution >= 4 is 12.1 Å². The largest absolute Gasteiger partial charge is 0.469 e. The number of nitrogens with zero attached hydrogens (tertiary/aromatic N) is 1. The molecule has 0 saturated heterocycles. The van der Waals surface area contributed by atoms with Gasteiger partial charge in [-0.3, -0.25) is 4.79 Å². The molecule has 2 aromatic rings. The summed E-state index contributed by atoms with van der Waals surface area (Å²) in [6.45, 7) is 8.31. The van der Waals surface area contributed by atoms with Crippen molar-refractivity contribution in [3.8, 4) is 0 Å². The Kier molecular flexibility index (Phi) is 11.2. The Bertz CT molecular complexity index is 728. The fraction of sp³-hybridized carbons (Fsp3) is 0.500. The van der Waals surface area contributed by atoms with Gasteiger partial charge in [0, 0.05) is 12.5 Å². The van der Waals surface area contributed by atoms with Crippen LogP contribution in [0.3, 0.4) is 0 Å². The smallest absolute Gasteiger partial charge is 0.408 e. The molecule has 0 aliphatic carbocycles. The van der Waals surface area contributed by atoms with Crippen LogP contribution in [0, 0.1) is 5.92 Å². The zero-order chi connectivity index (χ0) is 21.6. The van der Waals surface area contributed by atoms with Gasteiger partial charge in [0.15, 0.2) is 0 Å². The minimum atomic E-state index is -0.511. The van der Waals surface area contributed by atoms with Crippen molar-refractivity contribution in [3.05, 3.63) is 53.4 Å². The standard InChI is InChI=1S/C20H26N2O5.C2H6/c1-14(2)11-17(18-12-16(27-22-18)9-10-19(23)25-3)21-20(24)26-13-15-7-5-4-6-8-15;1-2/h4-8,12,14,17H,9-11,13H2,1-3H3,(H,21,24);1-2H3. The average molecular weight is 405 g/mol. The number of benzene rings is 1. The molecule has 1 aromatic carbocycles. The second-order valence-corrected chi connectivity index (χ2v) is 6.68. The molecule has 1 aromatic heterocycles. The fourth-order valence-electron chi connectivity index (χ4n) is 2.57. The van der Waals surface area contributed by atoms with Gasteiger partial charge < -0.3 is 19.3 Å². The van der Waals surface area contributed by atoms with Crippen molar-refractivity contribution in [1.29, 1.82) is 0 Å². The van der Waals surface area contributed by atoms with Crippen LogP contribution in [0.25, 0.3) is 0 Å². The van der Waals surface area contributed by atoms with Crippen LogP contribution in [-0.4, -0.2) is 24.3 Å². The van der Waals surface area contributed by atoms with Gasteiger partial charge in [0.1, 0.15) is 18.1 Å². The number of aromatic nitrogens is 1. The molecule has 1 N–H and O–H groups in total. The normalized spacial score (nSPS) is 11.2. The van der Waals surface area contributed by atoms with Crippen molar-refractivity contribution in [2.75, 3.05) is 7.11 Å². The second-order valence-electron chi connectivity index (χ2n) is 6.68. The van der Waals surface area contributed by atoms with E-state index in [9.17, 15) is 9.59 Å². The predicted molar refractivity (Wildman–Crippen MR) is 110 cm³/mol. The molecule has 1 amide bonds. The first kappa shape index (κ1) is 24.2. The van der Waals surface area contributed by atoms with Gasteiger partial charge in [-0.2, -0.15) is 0 Å². The number of nitrogens with one attached hydrogen (secondary N) is 1. The third-order valence-electron chi connectivity index (χ3n) is 3.95. The third-order valence-corrected chi connectivity index (χ3v) is 3.95. The van der Waals surface area contributed by atoms with Crippen LogP contribution in [0.1, 0.15) is 63.6 Å². The zero-order valence-electron chi connectivity index (χ0n) is 17.9. The van der Waals surface area contributed by atoms with E-state index in [-0.39, 0.29) is 25.0 Å². The molecule has 0 fully saturated rings. The summed E-state index contributed by atoms with van der Waals surface area (Å²) < 4.78 is 15.2. The van der Waals surface area contributed by atoms with E-state index >= 15 is 0 Å². The molecule has 1 atom stereocenters. The van der Waals surface area contributed by atoms with E-state index < -0.39 is 6.09 Å². The number of alkyl carbamates (subject to hydrolysis) is 1. The molecule has 0 bridgehead atoms. The van der Waals surface area contributed by atoms with Gasteiger partial charge in [-0.25, -0.2) is 4.79 Å². The first-order valence-electron chi connectivity index (χ1n) is 9.97. The van der Waals surface area contributed by atoms with Gasteiger partial charge in [-0.15, -0.1) is 0 Å². The highest BCUT2D eigenvalue weighted by Crippen LogP contribution is 2.22. The Morgan fingerprint density at radius 1 is 1.17 bits per heavy atom. The topological polar surface area (TPSA) is 90.7 Å². The van der Waals surface area contributed by atoms with Crippen LogP contribution in [0.2, 0.25) is 0 Å². The molecule has 0 aliphatic heterocycles. The van der Waals surface area contributed by atoms with Crippen molar-refractivity contribution in [3.63, 3.8) is 0 Å². The van der Waals surface area contributed by atoms with E-state index in [0.29, 0.717) is 30.2 Å². The Labute approximate surface area is 172 Å². The third kappa shape index (κ3) is 9.27. The Morgan fingerprint density at radius 3 is 2.48 bits per heavy atom. The number of amides is 1. The van der Waals surface area contributed by atoms with Crippen LogP contribution in [0.15, 0.2) is 40.9 Å². The van der Waals surface area contributed by atoms with Crippen LogP contribution in [-0.2, 0) is 27.3 Å². The SMILES string of the molecule is CC.COC(=O)CCc1cc(C(CC(C)C)NC(=O)OCc2ccccc2)no1. The number of methoxy groups -OCH3 is 1. The number of carbonyl (C=O) groups is 2. The van der Waals surface area contributed by atoms with Crippen LogP contribution < -0.4 is 5.32 Å². The molecule has 1 unspecified atom stereocenters. The Morgan fingerprint density at radius 2 is 1.86 bits per heavy atom. The minimum Gasteiger partial charge on any atom is -0.469 e. The monoisotopic (exact) mass is 404 g/mol. The number of carbonyl (C=O) groups excluding carboxylic acids is 2. The molecular weight excluding hydrogens is 372 g/mol. The molecular formula is C22H32N2O5. The van der Waals surface area contributed by atoms with Gasteiger partial charge >= 0.3 is 12.1 Å². The predicted octanol–water partition coefficient (Wildman–Crippen LogP) is 4.82. The first-order chi connectivity index (χ1) is 14.0. The van der Waals surface area contributed by atoms with E-state index in [1.807, 2.05) is 44.2 Å². The van der Waals surface area contributed by atoms with Crippen LogP contribution in [0.4, 0.5) is 4.79 Å². The minimum absolute atomic E-state index is 0.199. The highest BCUT2D eigenvalue weighted by molar-refractivity contribution is 5.69. The quantitative estimate of drug-likeness (QED) is 0.603. The van der Waals surface area contributed by atoms with Crippen molar-refractivity contribution < 1.29 is 23.6 Å². The van der Waals surface area contributed by atoms with Gasteiger partial charge in [0.05, 0.1) is 19.6 Å². The number of hydrogen-bond acceptors (Lipinski definition) is 6. The number of hydrogen-bond donors (Lipinski definition) is 1. The molecule has 7 nitrogen and oxygen atoms in total. The lowest BCUT2D eigenvalue weighted by atomic mass is 10.0. The molecule has 7 heteroatoms. The Hall–Kier alpha value is -2.83. The van der Waals surface area contributed by atoms with Crippen molar-refractivity contribution in [1.82, 2.24) is 10.5 Å². The van der Waals surface area contributed by atoms with E-state index in [0.717, 1.165) is 5.56 Å². The highest BCUT2D eigenvalue weighted by Gasteiger charge is 2.21. The van der Waals surface area contributed by atoms with Crippen LogP contribution in [0.5, 0.6) is 0 Å². The van der Waals surface area contributed by atoms with Crippen molar-refractivity contribution in [2.24, 2.45) is 5.92 Å². The van der Waals surface area contributed by atoms with Crippen LogP contribution >= 0.6 is 0 Å². The van der Waals surface area contributed by atoms with E-state index in [1.54, 1.807) is 6.07 Å². The lowest BCUT2D eigenvalue weighted by Gasteiger charge is -2.18. The second kappa shape index (κ2) is 13.4. The molecule has 0 saturated carbocycles. The van der Waals surface area contributed by atoms with Gasteiger partial charge in [0.25, 0.3) is 0 Å². The van der Waals surface area contributed by atoms with E-state index in [4.69, 9.17) is 9.26 Å². The lowest BCUT2D eigenvalue weighted by Crippen LogP contribution is -2.30. The summed E-state index contributed by atoms with van der Waals surface area (Å²) in [5, 5.41) is 6.90. The van der Waals surface area contributed by atoms with Crippen molar-refractivity contribution in [2.45, 2.75) is 59.6 Å². The number of aryl methyl sites for hydroxylation is 1. The summed E-state index contributed by atoms with van der Waals surface area (Å²) in [5.74, 6) is 0.595. The lowest BCUT2D eigenvalue weighted by molar-refractivity contribution is -0.140. The fourth-order valence-corrected chi connectivity index (χ4v) is 2.57. The van der Waals surface area contributed by atoms with Gasteiger partial charge in [0.2, 0.25) is 0 Å². The maximum Gasteiger partial charge on any atom is 0.408 e. The van der Waals surface area contributed by atoms with Gasteiger partial charge in [-0.05, 0) is 17.9 Å². The maximum absolute atomic E-state index is 12.2. The molecule has 0 radical (unpaired) electrons. The molecule has 29 heavy (non-hydrogen) atoms. The molecule has 0 spiro atoms. The maximum atomic E-state index is 12.2. The average Bonchev–Trinajstić information content (AvgIpc) is 3.21. The number of esters is 1. The zero-order valence-corrected chi connectivity index (χ0v) is 17.9. The van der Waals surface area contributed by atoms with E-state index in [1.165, 1.54) is 7.11 Å². The summed E-state index contributed by atoms with van der Waals surface area (Å²) in [6.07, 6.45) is 0.784. The summed E-state index contributed by atoms with van der Waals surface area (Å²) in [5.41, 5.74) is 1.53. The summed E-state index contributed by atoms with van der Waals surface area (Å²) in [4.78, 5) is 23.4. The first-order valence-corrected chi connectivity index (χ1v) is 9.97. The molecule has 2 rings (SSSR count). The molecule has 160 valence electrons. The molecule has 1 heterocycles.